The molecule has 3 nitrogen and oxygen atoms in total. The summed E-state index contributed by atoms with van der Waals surface area (Å²) in [5, 5.41) is 7.42. The molecule has 0 aliphatic heterocycles. The molecule has 0 atom stereocenters. The lowest BCUT2D eigenvalue weighted by molar-refractivity contribution is -0.295. The molecule has 0 aromatic heterocycles. The van der Waals surface area contributed by atoms with Gasteiger partial charge < -0.3 is 5.11 Å². The second-order valence-corrected chi connectivity index (χ2v) is 0.711. The van der Waals surface area contributed by atoms with Crippen molar-refractivity contribution in [3.05, 3.63) is 0 Å². The fraction of sp³-hybridized carbons (Fsp3) is 0.500. The van der Waals surface area contributed by atoms with Gasteiger partial charge in [-0.1, -0.05) is 13.4 Å². The van der Waals surface area contributed by atoms with Gasteiger partial charge >= 0.3 is 0 Å². The van der Waals surface area contributed by atoms with Crippen molar-refractivity contribution in [2.75, 3.05) is 0 Å². The topological polar surface area (TPSA) is 40.5 Å². The maximum absolute atomic E-state index is 9.50. The lowest BCUT2D eigenvalue weighted by atomic mass is 10.9. The Morgan fingerprint density at radius 3 is 1.50 bits per heavy atom. The highest BCUT2D eigenvalue weighted by Crippen LogP contribution is 1.82. The van der Waals surface area contributed by atoms with Crippen molar-refractivity contribution in [3.63, 3.8) is 0 Å². The van der Waals surface area contributed by atoms with Crippen LogP contribution in [0, 0.1) is 0 Å². The van der Waals surface area contributed by atoms with Crippen molar-refractivity contribution in [3.8, 4) is 0 Å². The van der Waals surface area contributed by atoms with E-state index in [4.69, 9.17) is 9.90 Å². The summed E-state index contributed by atoms with van der Waals surface area (Å²) in [4.78, 5) is 9.00. The third-order valence-electron chi connectivity index (χ3n) is 0. The predicted octanol–water partition coefficient (Wildman–Crippen LogP) is 1.03. The van der Waals surface area contributed by atoms with Crippen molar-refractivity contribution >= 4 is 5.97 Å². The molecular weight excluding hydrogens is 127 g/mol. The zero-order chi connectivity index (χ0) is 7.15. The number of nitrogens with zero attached hydrogens (tertiary/aromatic N) is 1. The SMILES string of the molecule is CC(=O)O.FN(F)F. The van der Waals surface area contributed by atoms with E-state index in [9.17, 15) is 13.4 Å². The molecule has 50 valence electrons. The zero-order valence-corrected chi connectivity index (χ0v) is 3.94. The molecule has 6 heteroatoms. The molecule has 0 bridgehead atoms. The first kappa shape index (κ1) is 10.3. The van der Waals surface area contributed by atoms with Gasteiger partial charge in [-0.25, -0.2) is 0 Å². The monoisotopic (exact) mass is 131 g/mol. The molecule has 0 heterocycles. The maximum Gasteiger partial charge on any atom is 0.300 e. The summed E-state index contributed by atoms with van der Waals surface area (Å²) < 4.78 is 28.5. The number of carbonyl (C=O) groups is 1. The number of halogens is 3. The fourth-order valence-electron chi connectivity index (χ4n) is 0. The summed E-state index contributed by atoms with van der Waals surface area (Å²) in [5.41, 5.74) is -2.50. The summed E-state index contributed by atoms with van der Waals surface area (Å²) in [7, 11) is 0. The van der Waals surface area contributed by atoms with E-state index in [0.717, 1.165) is 6.92 Å². The van der Waals surface area contributed by atoms with E-state index in [-0.39, 0.29) is 0 Å². The van der Waals surface area contributed by atoms with Crippen LogP contribution in [0.1, 0.15) is 6.92 Å². The molecule has 0 aromatic rings. The van der Waals surface area contributed by atoms with E-state index < -0.39 is 11.5 Å². The van der Waals surface area contributed by atoms with Crippen LogP contribution in [-0.4, -0.2) is 16.6 Å². The molecule has 8 heavy (non-hydrogen) atoms. The van der Waals surface area contributed by atoms with Crippen molar-refractivity contribution < 1.29 is 23.3 Å². The summed E-state index contributed by atoms with van der Waals surface area (Å²) in [6, 6.07) is 0. The van der Waals surface area contributed by atoms with Gasteiger partial charge in [0.05, 0.1) is 0 Å². The van der Waals surface area contributed by atoms with Gasteiger partial charge in [-0.3, -0.25) is 4.79 Å². The number of hydrogen-bond donors (Lipinski definition) is 1. The smallest absolute Gasteiger partial charge is 0.300 e. The first-order valence-electron chi connectivity index (χ1n) is 1.43. The highest BCUT2D eigenvalue weighted by molar-refractivity contribution is 5.62. The van der Waals surface area contributed by atoms with Crippen LogP contribution < -0.4 is 0 Å². The molecule has 0 amide bonds. The standard InChI is InChI=1S/C2H4O2.F3N/c1-2(3)4;1-4(2)3/h1H3,(H,3,4);. The van der Waals surface area contributed by atoms with E-state index in [1.54, 1.807) is 0 Å². The second-order valence-electron chi connectivity index (χ2n) is 0.711. The van der Waals surface area contributed by atoms with Gasteiger partial charge in [0.2, 0.25) is 0 Å². The molecular formula is C2H4F3NO2. The van der Waals surface area contributed by atoms with Crippen LogP contribution in [0.4, 0.5) is 13.4 Å². The Hall–Kier alpha value is -0.780. The van der Waals surface area contributed by atoms with Gasteiger partial charge in [-0.2, -0.15) is 0 Å². The van der Waals surface area contributed by atoms with Gasteiger partial charge in [0.25, 0.3) is 5.97 Å². The molecule has 0 radical (unpaired) electrons. The van der Waals surface area contributed by atoms with Gasteiger partial charge in [0.1, 0.15) is 0 Å². The van der Waals surface area contributed by atoms with E-state index in [0.29, 0.717) is 0 Å². The van der Waals surface area contributed by atoms with Crippen molar-refractivity contribution in [1.82, 2.24) is 5.57 Å². The van der Waals surface area contributed by atoms with Gasteiger partial charge in [-0.15, -0.1) is 0 Å². The van der Waals surface area contributed by atoms with Crippen LogP contribution in [-0.2, 0) is 4.79 Å². The Bertz CT molecular complexity index is 59.5. The molecule has 1 N–H and O–H groups in total. The summed E-state index contributed by atoms with van der Waals surface area (Å²) in [6.45, 7) is 1.08. The normalized spacial score (nSPS) is 7.62. The van der Waals surface area contributed by atoms with E-state index in [2.05, 4.69) is 0 Å². The molecule has 0 rings (SSSR count). The summed E-state index contributed by atoms with van der Waals surface area (Å²) in [6.07, 6.45) is 0. The van der Waals surface area contributed by atoms with E-state index in [1.807, 2.05) is 0 Å². The minimum Gasteiger partial charge on any atom is -0.481 e. The van der Waals surface area contributed by atoms with Crippen LogP contribution in [0.15, 0.2) is 0 Å². The van der Waals surface area contributed by atoms with Gasteiger partial charge in [-0.05, 0) is 0 Å². The van der Waals surface area contributed by atoms with Crippen LogP contribution in [0.25, 0.3) is 0 Å². The fourth-order valence-corrected chi connectivity index (χ4v) is 0. The van der Waals surface area contributed by atoms with Crippen molar-refractivity contribution in [2.45, 2.75) is 6.92 Å². The highest BCUT2D eigenvalue weighted by Gasteiger charge is 1.80. The lowest BCUT2D eigenvalue weighted by Crippen LogP contribution is -1.78. The quantitative estimate of drug-likeness (QED) is 0.499. The number of carboxylic acid groups (broad SMARTS) is 1. The Kier molecular flexibility index (Phi) is 7.97. The molecule has 0 unspecified atom stereocenters. The average Bonchev–Trinajstić information content (AvgIpc) is 1.25. The molecule has 0 spiro atoms. The van der Waals surface area contributed by atoms with E-state index >= 15 is 0 Å². The minimum absolute atomic E-state index is 0.833. The van der Waals surface area contributed by atoms with Crippen LogP contribution in [0.2, 0.25) is 0 Å². The lowest BCUT2D eigenvalue weighted by Gasteiger charge is -1.67. The predicted molar refractivity (Wildman–Crippen MR) is 18.5 cm³/mol. The first-order chi connectivity index (χ1) is 3.46. The number of rotatable bonds is 0. The number of aliphatic carboxylic acids is 1. The summed E-state index contributed by atoms with van der Waals surface area (Å²) >= 11 is 0. The van der Waals surface area contributed by atoms with Gasteiger partial charge in [0.15, 0.2) is 5.57 Å². The largest absolute Gasteiger partial charge is 0.481 e. The van der Waals surface area contributed by atoms with Crippen LogP contribution in [0.3, 0.4) is 0 Å². The molecule has 0 fully saturated rings. The Morgan fingerprint density at radius 2 is 1.50 bits per heavy atom. The minimum atomic E-state index is -2.50. The van der Waals surface area contributed by atoms with Gasteiger partial charge in [0, 0.05) is 6.92 Å². The molecule has 0 saturated carbocycles. The Morgan fingerprint density at radius 1 is 1.50 bits per heavy atom. The zero-order valence-electron chi connectivity index (χ0n) is 3.94. The van der Waals surface area contributed by atoms with Crippen LogP contribution >= 0.6 is 0 Å². The second kappa shape index (κ2) is 6.22. The number of hydrogen-bond acceptors (Lipinski definition) is 2. The number of carboxylic acids is 1. The summed E-state index contributed by atoms with van der Waals surface area (Å²) in [5.74, 6) is -0.833. The molecule has 0 aromatic carbocycles. The van der Waals surface area contributed by atoms with Crippen LogP contribution in [0.5, 0.6) is 0 Å². The highest BCUT2D eigenvalue weighted by atomic mass is 19.5. The maximum atomic E-state index is 9.50. The third kappa shape index (κ3) is 153. The molecule has 0 aliphatic rings. The molecule has 0 aliphatic carbocycles. The first-order valence-corrected chi connectivity index (χ1v) is 1.43. The Balaban J connectivity index is 0. The average molecular weight is 131 g/mol. The Labute approximate surface area is 43.1 Å². The van der Waals surface area contributed by atoms with Crippen molar-refractivity contribution in [1.29, 1.82) is 0 Å². The molecule has 0 saturated heterocycles. The van der Waals surface area contributed by atoms with E-state index in [1.165, 1.54) is 0 Å². The van der Waals surface area contributed by atoms with Crippen molar-refractivity contribution in [2.24, 2.45) is 0 Å². The third-order valence-corrected chi connectivity index (χ3v) is 0.